The molecular weight excluding hydrogens is 309 g/mol. The third-order valence-corrected chi connectivity index (χ3v) is 3.25. The minimum Gasteiger partial charge on any atom is -0.449 e. The van der Waals surface area contributed by atoms with Gasteiger partial charge in [0.25, 0.3) is 5.91 Å². The molecule has 124 valence electrons. The molecule has 0 heterocycles. The van der Waals surface area contributed by atoms with Gasteiger partial charge in [0.2, 0.25) is 0 Å². The Bertz CT molecular complexity index is 771. The molecule has 1 amide bonds. The Morgan fingerprint density at radius 2 is 1.92 bits per heavy atom. The van der Waals surface area contributed by atoms with E-state index in [0.717, 1.165) is 11.6 Å². The molecule has 0 bridgehead atoms. The number of rotatable bonds is 5. The molecule has 0 aromatic heterocycles. The summed E-state index contributed by atoms with van der Waals surface area (Å²) in [5, 5.41) is 2.67. The van der Waals surface area contributed by atoms with Crippen molar-refractivity contribution in [3.05, 3.63) is 71.6 Å². The maximum absolute atomic E-state index is 13.4. The highest BCUT2D eigenvalue weighted by Crippen LogP contribution is 2.11. The van der Waals surface area contributed by atoms with E-state index in [-0.39, 0.29) is 5.56 Å². The van der Waals surface area contributed by atoms with Gasteiger partial charge in [-0.15, -0.1) is 0 Å². The van der Waals surface area contributed by atoms with E-state index in [1.165, 1.54) is 25.1 Å². The summed E-state index contributed by atoms with van der Waals surface area (Å²) in [5.74, 6) is -1.59. The molecular formula is C19H18FNO3. The van der Waals surface area contributed by atoms with E-state index in [1.807, 2.05) is 25.1 Å². The van der Waals surface area contributed by atoms with Gasteiger partial charge in [0.15, 0.2) is 6.10 Å². The number of nitrogens with one attached hydrogen (secondary N) is 1. The van der Waals surface area contributed by atoms with Crippen molar-refractivity contribution in [2.75, 3.05) is 5.32 Å². The summed E-state index contributed by atoms with van der Waals surface area (Å²) < 4.78 is 18.5. The van der Waals surface area contributed by atoms with Crippen molar-refractivity contribution >= 4 is 23.6 Å². The second-order valence-corrected chi connectivity index (χ2v) is 5.29. The molecule has 0 radical (unpaired) electrons. The van der Waals surface area contributed by atoms with E-state index in [2.05, 4.69) is 5.32 Å². The molecule has 24 heavy (non-hydrogen) atoms. The summed E-state index contributed by atoms with van der Waals surface area (Å²) >= 11 is 0. The summed E-state index contributed by atoms with van der Waals surface area (Å²) in [6, 6.07) is 13.3. The van der Waals surface area contributed by atoms with Crippen molar-refractivity contribution in [3.63, 3.8) is 0 Å². The summed E-state index contributed by atoms with van der Waals surface area (Å²) in [4.78, 5) is 23.8. The van der Waals surface area contributed by atoms with Crippen LogP contribution in [-0.2, 0) is 14.3 Å². The predicted molar refractivity (Wildman–Crippen MR) is 90.8 cm³/mol. The first-order valence-electron chi connectivity index (χ1n) is 7.46. The molecule has 4 nitrogen and oxygen atoms in total. The number of benzene rings is 2. The highest BCUT2D eigenvalue weighted by molar-refractivity contribution is 5.96. The number of hydrogen-bond donors (Lipinski definition) is 1. The van der Waals surface area contributed by atoms with Crippen molar-refractivity contribution < 1.29 is 18.7 Å². The van der Waals surface area contributed by atoms with Gasteiger partial charge in [0.05, 0.1) is 0 Å². The Balaban J connectivity index is 1.91. The molecule has 0 aliphatic heterocycles. The lowest BCUT2D eigenvalue weighted by atomic mass is 10.2. The van der Waals surface area contributed by atoms with Crippen molar-refractivity contribution in [1.29, 1.82) is 0 Å². The zero-order valence-electron chi connectivity index (χ0n) is 13.5. The maximum Gasteiger partial charge on any atom is 0.331 e. The Kier molecular flexibility index (Phi) is 5.84. The third kappa shape index (κ3) is 5.05. The molecule has 5 heteroatoms. The largest absolute Gasteiger partial charge is 0.449 e. The lowest BCUT2D eigenvalue weighted by molar-refractivity contribution is -0.148. The predicted octanol–water partition coefficient (Wildman–Crippen LogP) is 3.72. The lowest BCUT2D eigenvalue weighted by Crippen LogP contribution is -2.29. The van der Waals surface area contributed by atoms with Crippen LogP contribution in [0.1, 0.15) is 18.1 Å². The normalized spacial score (nSPS) is 12.0. The van der Waals surface area contributed by atoms with Gasteiger partial charge < -0.3 is 10.1 Å². The van der Waals surface area contributed by atoms with Crippen molar-refractivity contribution in [2.24, 2.45) is 0 Å². The second kappa shape index (κ2) is 8.06. The zero-order valence-corrected chi connectivity index (χ0v) is 13.5. The number of anilines is 1. The molecule has 0 unspecified atom stereocenters. The van der Waals surface area contributed by atoms with Crippen LogP contribution in [0.2, 0.25) is 0 Å². The summed E-state index contributed by atoms with van der Waals surface area (Å²) in [6.45, 7) is 3.38. The van der Waals surface area contributed by atoms with E-state index < -0.39 is 23.8 Å². The average molecular weight is 327 g/mol. The zero-order chi connectivity index (χ0) is 17.5. The number of carbonyl (C=O) groups excluding carboxylic acids is 2. The number of aryl methyl sites for hydroxylation is 1. The molecule has 0 saturated carbocycles. The summed E-state index contributed by atoms with van der Waals surface area (Å²) in [6.07, 6.45) is 1.43. The lowest BCUT2D eigenvalue weighted by Gasteiger charge is -2.12. The quantitative estimate of drug-likeness (QED) is 0.673. The number of amides is 1. The van der Waals surface area contributed by atoms with Crippen molar-refractivity contribution in [1.82, 2.24) is 0 Å². The van der Waals surface area contributed by atoms with E-state index in [1.54, 1.807) is 18.2 Å². The van der Waals surface area contributed by atoms with Crippen LogP contribution in [-0.4, -0.2) is 18.0 Å². The molecule has 1 atom stereocenters. The smallest absolute Gasteiger partial charge is 0.331 e. The fraction of sp³-hybridized carbons (Fsp3) is 0.158. The molecule has 2 aromatic rings. The summed E-state index contributed by atoms with van der Waals surface area (Å²) in [7, 11) is 0. The van der Waals surface area contributed by atoms with Gasteiger partial charge in [-0.2, -0.15) is 0 Å². The number of halogens is 1. The first kappa shape index (κ1) is 17.4. The first-order valence-corrected chi connectivity index (χ1v) is 7.46. The van der Waals surface area contributed by atoms with E-state index in [9.17, 15) is 14.0 Å². The molecule has 0 saturated heterocycles. The van der Waals surface area contributed by atoms with Crippen LogP contribution in [0.15, 0.2) is 54.6 Å². The third-order valence-electron chi connectivity index (χ3n) is 3.25. The van der Waals surface area contributed by atoms with Gasteiger partial charge in [-0.1, -0.05) is 30.3 Å². The maximum atomic E-state index is 13.4. The first-order chi connectivity index (χ1) is 11.5. The van der Waals surface area contributed by atoms with Crippen LogP contribution in [0.4, 0.5) is 10.1 Å². The molecule has 1 N–H and O–H groups in total. The number of hydrogen-bond acceptors (Lipinski definition) is 3. The van der Waals surface area contributed by atoms with Gasteiger partial charge in [-0.3, -0.25) is 4.79 Å². The van der Waals surface area contributed by atoms with Crippen LogP contribution < -0.4 is 5.32 Å². The Morgan fingerprint density at radius 1 is 1.17 bits per heavy atom. The van der Waals surface area contributed by atoms with Gasteiger partial charge in [0, 0.05) is 17.3 Å². The molecule has 0 fully saturated rings. The Morgan fingerprint density at radius 3 is 2.62 bits per heavy atom. The minimum atomic E-state index is -0.969. The van der Waals surface area contributed by atoms with Crippen LogP contribution in [0.3, 0.4) is 0 Å². The van der Waals surface area contributed by atoms with Gasteiger partial charge in [0.1, 0.15) is 5.82 Å². The van der Waals surface area contributed by atoms with Crippen LogP contribution in [0, 0.1) is 12.7 Å². The highest BCUT2D eigenvalue weighted by atomic mass is 19.1. The fourth-order valence-corrected chi connectivity index (χ4v) is 2.00. The monoisotopic (exact) mass is 327 g/mol. The van der Waals surface area contributed by atoms with E-state index in [0.29, 0.717) is 5.69 Å². The summed E-state index contributed by atoms with van der Waals surface area (Å²) in [5.41, 5.74) is 1.90. The average Bonchev–Trinajstić information content (AvgIpc) is 2.54. The Hall–Kier alpha value is -2.95. The molecule has 0 aliphatic carbocycles. The van der Waals surface area contributed by atoms with Crippen LogP contribution >= 0.6 is 0 Å². The van der Waals surface area contributed by atoms with Crippen molar-refractivity contribution in [2.45, 2.75) is 20.0 Å². The van der Waals surface area contributed by atoms with E-state index >= 15 is 0 Å². The van der Waals surface area contributed by atoms with Gasteiger partial charge in [-0.05, 0) is 43.7 Å². The molecule has 0 aliphatic rings. The fourth-order valence-electron chi connectivity index (χ4n) is 2.00. The molecule has 0 spiro atoms. The van der Waals surface area contributed by atoms with Crippen LogP contribution in [0.25, 0.3) is 6.08 Å². The topological polar surface area (TPSA) is 55.4 Å². The van der Waals surface area contributed by atoms with Gasteiger partial charge >= 0.3 is 5.97 Å². The SMILES string of the molecule is Cc1cccc(NC(=O)[C@H](C)OC(=O)/C=C/c2ccccc2F)c1. The Labute approximate surface area is 140 Å². The minimum absolute atomic E-state index is 0.270. The van der Waals surface area contributed by atoms with Crippen molar-refractivity contribution in [3.8, 4) is 0 Å². The highest BCUT2D eigenvalue weighted by Gasteiger charge is 2.16. The van der Waals surface area contributed by atoms with Crippen LogP contribution in [0.5, 0.6) is 0 Å². The molecule has 2 rings (SSSR count). The second-order valence-electron chi connectivity index (χ2n) is 5.29. The number of ether oxygens (including phenoxy) is 1. The molecule has 2 aromatic carbocycles. The van der Waals surface area contributed by atoms with E-state index in [4.69, 9.17) is 4.74 Å². The standard InChI is InChI=1S/C19H18FNO3/c1-13-6-5-8-16(12-13)21-19(23)14(2)24-18(22)11-10-15-7-3-4-9-17(15)20/h3-12,14H,1-2H3,(H,21,23)/b11-10+/t14-/m0/s1. The number of esters is 1. The van der Waals surface area contributed by atoms with Gasteiger partial charge in [-0.25, -0.2) is 9.18 Å². The number of carbonyl (C=O) groups is 2.